The van der Waals surface area contributed by atoms with Gasteiger partial charge in [-0.2, -0.15) is 18.0 Å². The monoisotopic (exact) mass is 352 g/mol. The van der Waals surface area contributed by atoms with E-state index >= 15 is 0 Å². The van der Waals surface area contributed by atoms with Crippen LogP contribution in [0.5, 0.6) is 0 Å². The number of hydrogen-bond donors (Lipinski definition) is 1. The van der Waals surface area contributed by atoms with Gasteiger partial charge in [-0.05, 0) is 24.3 Å². The average molecular weight is 352 g/mol. The molecule has 0 saturated heterocycles. The third-order valence-corrected chi connectivity index (χ3v) is 3.08. The summed E-state index contributed by atoms with van der Waals surface area (Å²) in [7, 11) is 0. The number of tetrazole rings is 1. The van der Waals surface area contributed by atoms with E-state index in [-0.39, 0.29) is 23.8 Å². The number of amides is 1. The van der Waals surface area contributed by atoms with Crippen LogP contribution in [0.3, 0.4) is 0 Å². The molecule has 25 heavy (non-hydrogen) atoms. The first-order chi connectivity index (χ1) is 11.8. The second kappa shape index (κ2) is 6.34. The molecule has 0 fully saturated rings. The molecule has 0 aliphatic carbocycles. The number of nitrogens with one attached hydrogen (secondary N) is 1. The minimum Gasteiger partial charge on any atom is -0.360 e. The Morgan fingerprint density at radius 2 is 2.12 bits per heavy atom. The zero-order valence-corrected chi connectivity index (χ0v) is 12.8. The maximum atomic E-state index is 12.7. The molecule has 0 spiro atoms. The molecule has 1 N–H and O–H groups in total. The van der Waals surface area contributed by atoms with Crippen LogP contribution in [-0.4, -0.2) is 31.3 Å². The van der Waals surface area contributed by atoms with E-state index in [1.807, 2.05) is 0 Å². The zero-order valence-electron chi connectivity index (χ0n) is 12.8. The molecule has 8 nitrogen and oxygen atoms in total. The van der Waals surface area contributed by atoms with Crippen LogP contribution in [0.25, 0.3) is 11.4 Å². The third kappa shape index (κ3) is 4.00. The molecule has 0 bridgehead atoms. The first kappa shape index (κ1) is 16.6. The van der Waals surface area contributed by atoms with E-state index < -0.39 is 17.6 Å². The van der Waals surface area contributed by atoms with Crippen molar-refractivity contribution < 1.29 is 22.5 Å². The molecule has 0 aliphatic heterocycles. The molecule has 2 heterocycles. The van der Waals surface area contributed by atoms with Crippen LogP contribution >= 0.6 is 0 Å². The number of halogens is 3. The number of alkyl halides is 3. The van der Waals surface area contributed by atoms with Crippen LogP contribution < -0.4 is 5.32 Å². The number of benzene rings is 1. The van der Waals surface area contributed by atoms with Crippen LogP contribution in [0.4, 0.5) is 19.0 Å². The molecule has 3 rings (SSSR count). The molecule has 2 aromatic heterocycles. The highest BCUT2D eigenvalue weighted by Crippen LogP contribution is 2.31. The van der Waals surface area contributed by atoms with E-state index in [2.05, 4.69) is 25.9 Å². The summed E-state index contributed by atoms with van der Waals surface area (Å²) in [5.41, 5.74) is -0.672. The van der Waals surface area contributed by atoms with Crippen molar-refractivity contribution in [3.8, 4) is 11.4 Å². The molecule has 0 unspecified atom stereocenters. The van der Waals surface area contributed by atoms with Crippen molar-refractivity contribution in [3.05, 3.63) is 41.7 Å². The maximum absolute atomic E-state index is 12.7. The van der Waals surface area contributed by atoms with Gasteiger partial charge in [0.05, 0.1) is 5.56 Å². The van der Waals surface area contributed by atoms with Gasteiger partial charge < -0.3 is 9.84 Å². The first-order valence-corrected chi connectivity index (χ1v) is 7.00. The predicted molar refractivity (Wildman–Crippen MR) is 78.1 cm³/mol. The van der Waals surface area contributed by atoms with Crippen molar-refractivity contribution in [1.29, 1.82) is 0 Å². The maximum Gasteiger partial charge on any atom is 0.416 e. The van der Waals surface area contributed by atoms with E-state index in [4.69, 9.17) is 4.52 Å². The number of aromatic nitrogens is 5. The normalized spacial score (nSPS) is 11.5. The standard InChI is InChI=1S/C14H11F3N6O2/c1-8-5-11(21-25-8)18-12(24)7-23-20-13(19-22-23)9-3-2-4-10(6-9)14(15,16)17/h2-6H,7H2,1H3,(H,18,21,24). The van der Waals surface area contributed by atoms with Gasteiger partial charge in [0, 0.05) is 11.6 Å². The number of carbonyl (C=O) groups is 1. The lowest BCUT2D eigenvalue weighted by Gasteiger charge is -2.06. The minimum absolute atomic E-state index is 0.0174. The molecule has 3 aromatic rings. The Labute approximate surface area is 138 Å². The van der Waals surface area contributed by atoms with E-state index in [1.165, 1.54) is 18.2 Å². The molecular weight excluding hydrogens is 341 g/mol. The summed E-state index contributed by atoms with van der Waals surface area (Å²) in [6, 6.07) is 6.06. The minimum atomic E-state index is -4.47. The quantitative estimate of drug-likeness (QED) is 0.773. The van der Waals surface area contributed by atoms with Gasteiger partial charge in [0.1, 0.15) is 12.3 Å². The molecule has 1 aromatic carbocycles. The molecule has 0 saturated carbocycles. The van der Waals surface area contributed by atoms with Crippen molar-refractivity contribution in [2.45, 2.75) is 19.6 Å². The van der Waals surface area contributed by atoms with Gasteiger partial charge in [-0.25, -0.2) is 0 Å². The predicted octanol–water partition coefficient (Wildman–Crippen LogP) is 2.29. The molecule has 0 radical (unpaired) electrons. The fourth-order valence-corrected chi connectivity index (χ4v) is 2.00. The number of carbonyl (C=O) groups excluding carboxylic acids is 1. The fourth-order valence-electron chi connectivity index (χ4n) is 2.00. The molecule has 130 valence electrons. The summed E-state index contributed by atoms with van der Waals surface area (Å²) in [5.74, 6) is 0.263. The van der Waals surface area contributed by atoms with E-state index in [0.29, 0.717) is 5.76 Å². The third-order valence-electron chi connectivity index (χ3n) is 3.08. The summed E-state index contributed by atoms with van der Waals surface area (Å²) in [6.07, 6.45) is -4.47. The van der Waals surface area contributed by atoms with Gasteiger partial charge in [-0.1, -0.05) is 17.3 Å². The number of rotatable bonds is 4. The van der Waals surface area contributed by atoms with Crippen molar-refractivity contribution in [2.75, 3.05) is 5.32 Å². The van der Waals surface area contributed by atoms with Crippen LogP contribution in [0.2, 0.25) is 0 Å². The fraction of sp³-hybridized carbons (Fsp3) is 0.214. The molecule has 0 aliphatic rings. The Morgan fingerprint density at radius 1 is 1.32 bits per heavy atom. The van der Waals surface area contributed by atoms with Gasteiger partial charge in [-0.15, -0.1) is 10.2 Å². The molecule has 1 amide bonds. The Morgan fingerprint density at radius 3 is 2.80 bits per heavy atom. The molecule has 11 heteroatoms. The van der Waals surface area contributed by atoms with Crippen molar-refractivity contribution in [3.63, 3.8) is 0 Å². The lowest BCUT2D eigenvalue weighted by atomic mass is 10.1. The molecule has 0 atom stereocenters. The lowest BCUT2D eigenvalue weighted by Crippen LogP contribution is -2.20. The first-order valence-electron chi connectivity index (χ1n) is 7.00. The second-order valence-electron chi connectivity index (χ2n) is 5.09. The zero-order chi connectivity index (χ0) is 18.0. The smallest absolute Gasteiger partial charge is 0.360 e. The van der Waals surface area contributed by atoms with E-state index in [9.17, 15) is 18.0 Å². The average Bonchev–Trinajstić information content (AvgIpc) is 3.16. The van der Waals surface area contributed by atoms with Crippen LogP contribution in [0.1, 0.15) is 11.3 Å². The lowest BCUT2D eigenvalue weighted by molar-refractivity contribution is -0.137. The van der Waals surface area contributed by atoms with E-state index in [1.54, 1.807) is 6.92 Å². The second-order valence-corrected chi connectivity index (χ2v) is 5.09. The number of hydrogen-bond acceptors (Lipinski definition) is 6. The van der Waals surface area contributed by atoms with Crippen molar-refractivity contribution in [2.24, 2.45) is 0 Å². The van der Waals surface area contributed by atoms with Crippen LogP contribution in [0.15, 0.2) is 34.9 Å². The number of nitrogens with zero attached hydrogens (tertiary/aromatic N) is 5. The van der Waals surface area contributed by atoms with Gasteiger partial charge >= 0.3 is 6.18 Å². The highest BCUT2D eigenvalue weighted by atomic mass is 19.4. The highest BCUT2D eigenvalue weighted by molar-refractivity contribution is 5.89. The molecular formula is C14H11F3N6O2. The highest BCUT2D eigenvalue weighted by Gasteiger charge is 2.30. The Kier molecular flexibility index (Phi) is 4.21. The summed E-state index contributed by atoms with van der Waals surface area (Å²) in [5, 5.41) is 17.3. The van der Waals surface area contributed by atoms with E-state index in [0.717, 1.165) is 16.9 Å². The van der Waals surface area contributed by atoms with Crippen molar-refractivity contribution in [1.82, 2.24) is 25.4 Å². The summed E-state index contributed by atoms with van der Waals surface area (Å²) >= 11 is 0. The Balaban J connectivity index is 1.71. The van der Waals surface area contributed by atoms with Gasteiger partial charge in [-0.3, -0.25) is 4.79 Å². The van der Waals surface area contributed by atoms with Gasteiger partial charge in [0.15, 0.2) is 5.82 Å². The van der Waals surface area contributed by atoms with Crippen LogP contribution in [-0.2, 0) is 17.5 Å². The van der Waals surface area contributed by atoms with Crippen LogP contribution in [0, 0.1) is 6.92 Å². The van der Waals surface area contributed by atoms with Crippen molar-refractivity contribution >= 4 is 11.7 Å². The van der Waals surface area contributed by atoms with Gasteiger partial charge in [0.25, 0.3) is 0 Å². The summed E-state index contributed by atoms with van der Waals surface area (Å²) in [4.78, 5) is 12.8. The number of aryl methyl sites for hydroxylation is 1. The SMILES string of the molecule is Cc1cc(NC(=O)Cn2nnc(-c3cccc(C(F)(F)F)c3)n2)no1. The largest absolute Gasteiger partial charge is 0.416 e. The topological polar surface area (TPSA) is 98.7 Å². The summed E-state index contributed by atoms with van der Waals surface area (Å²) in [6.45, 7) is 1.39. The number of anilines is 1. The van der Waals surface area contributed by atoms with Gasteiger partial charge in [0.2, 0.25) is 11.7 Å². The Hall–Kier alpha value is -3.24. The Bertz CT molecular complexity index is 902. The summed E-state index contributed by atoms with van der Waals surface area (Å²) < 4.78 is 43.0.